The Hall–Kier alpha value is -0.440. The van der Waals surface area contributed by atoms with Crippen LogP contribution in [0.1, 0.15) is 25.3 Å². The van der Waals surface area contributed by atoms with Crippen molar-refractivity contribution < 1.29 is 4.74 Å². The summed E-state index contributed by atoms with van der Waals surface area (Å²) in [5, 5.41) is 4.64. The average molecular weight is 276 g/mol. The molecule has 0 aliphatic rings. The van der Waals surface area contributed by atoms with E-state index in [0.29, 0.717) is 11.6 Å². The number of aryl methyl sites for hydroxylation is 1. The smallest absolute Gasteiger partial charge is 0.0641 e. The van der Waals surface area contributed by atoms with Crippen LogP contribution in [0.4, 0.5) is 5.69 Å². The molecule has 1 N–H and O–H groups in total. The summed E-state index contributed by atoms with van der Waals surface area (Å²) in [4.78, 5) is 0. The summed E-state index contributed by atoms with van der Waals surface area (Å²) >= 11 is 12.1. The minimum absolute atomic E-state index is 0.682. The van der Waals surface area contributed by atoms with Crippen LogP contribution in [0.2, 0.25) is 10.0 Å². The van der Waals surface area contributed by atoms with Gasteiger partial charge in [0, 0.05) is 18.2 Å². The number of hydrogen-bond acceptors (Lipinski definition) is 2. The second-order valence-electron chi connectivity index (χ2n) is 3.97. The predicted octanol–water partition coefficient (Wildman–Crippen LogP) is 4.53. The number of nitrogens with one attached hydrogen (secondary N) is 1. The molecule has 1 aromatic carbocycles. The molecule has 17 heavy (non-hydrogen) atoms. The van der Waals surface area contributed by atoms with Crippen LogP contribution in [0.5, 0.6) is 0 Å². The molecule has 0 amide bonds. The van der Waals surface area contributed by atoms with Crippen molar-refractivity contribution in [3.8, 4) is 0 Å². The van der Waals surface area contributed by atoms with Gasteiger partial charge >= 0.3 is 0 Å². The third-order valence-corrected chi connectivity index (χ3v) is 3.17. The first kappa shape index (κ1) is 14.6. The van der Waals surface area contributed by atoms with Crippen LogP contribution in [0, 0.1) is 6.92 Å². The topological polar surface area (TPSA) is 21.3 Å². The van der Waals surface area contributed by atoms with Crippen LogP contribution in [-0.4, -0.2) is 19.8 Å². The van der Waals surface area contributed by atoms with Crippen molar-refractivity contribution in [2.45, 2.75) is 26.7 Å². The average Bonchev–Trinajstić information content (AvgIpc) is 2.30. The van der Waals surface area contributed by atoms with E-state index in [-0.39, 0.29) is 0 Å². The fraction of sp³-hybridized carbons (Fsp3) is 0.538. The Labute approximate surface area is 113 Å². The lowest BCUT2D eigenvalue weighted by Crippen LogP contribution is -2.10. The molecular formula is C13H19Cl2NO. The summed E-state index contributed by atoms with van der Waals surface area (Å²) in [6.45, 7) is 6.33. The molecule has 0 spiro atoms. The van der Waals surface area contributed by atoms with Crippen molar-refractivity contribution in [3.63, 3.8) is 0 Å². The van der Waals surface area contributed by atoms with Crippen molar-refractivity contribution >= 4 is 28.9 Å². The molecule has 96 valence electrons. The molecule has 0 atom stereocenters. The molecule has 0 unspecified atom stereocenters. The molecule has 1 rings (SSSR count). The minimum Gasteiger partial charge on any atom is -0.381 e. The van der Waals surface area contributed by atoms with Gasteiger partial charge < -0.3 is 10.1 Å². The van der Waals surface area contributed by atoms with Crippen molar-refractivity contribution in [1.29, 1.82) is 0 Å². The van der Waals surface area contributed by atoms with Gasteiger partial charge in [-0.3, -0.25) is 0 Å². The number of ether oxygens (including phenoxy) is 1. The van der Waals surface area contributed by atoms with E-state index in [1.807, 2.05) is 19.1 Å². The molecule has 0 bridgehead atoms. The van der Waals surface area contributed by atoms with Gasteiger partial charge in [-0.2, -0.15) is 0 Å². The fourth-order valence-corrected chi connectivity index (χ4v) is 1.84. The van der Waals surface area contributed by atoms with Crippen LogP contribution >= 0.6 is 23.2 Å². The van der Waals surface area contributed by atoms with Gasteiger partial charge in [-0.1, -0.05) is 36.5 Å². The molecule has 0 aliphatic carbocycles. The van der Waals surface area contributed by atoms with E-state index >= 15 is 0 Å². The number of halogens is 2. The van der Waals surface area contributed by atoms with Crippen LogP contribution < -0.4 is 5.32 Å². The number of unbranched alkanes of at least 4 members (excludes halogenated alkanes) is 1. The SMILES string of the molecule is CCCCOCCNc1cc(Cl)c(C)cc1Cl. The Morgan fingerprint density at radius 2 is 1.94 bits per heavy atom. The maximum atomic E-state index is 6.10. The first-order chi connectivity index (χ1) is 8.15. The largest absolute Gasteiger partial charge is 0.381 e. The van der Waals surface area contributed by atoms with E-state index in [0.717, 1.165) is 42.3 Å². The Kier molecular flexibility index (Phi) is 6.71. The van der Waals surface area contributed by atoms with Gasteiger partial charge in [-0.15, -0.1) is 0 Å². The quantitative estimate of drug-likeness (QED) is 0.739. The number of anilines is 1. The van der Waals surface area contributed by atoms with Crippen LogP contribution in [0.3, 0.4) is 0 Å². The van der Waals surface area contributed by atoms with E-state index < -0.39 is 0 Å². The van der Waals surface area contributed by atoms with Crippen molar-refractivity contribution in [2.75, 3.05) is 25.1 Å². The molecule has 0 aromatic heterocycles. The third-order valence-electron chi connectivity index (χ3n) is 2.45. The fourth-order valence-electron chi connectivity index (χ4n) is 1.39. The molecule has 4 heteroatoms. The summed E-state index contributed by atoms with van der Waals surface area (Å²) in [6, 6.07) is 3.72. The predicted molar refractivity (Wildman–Crippen MR) is 75.4 cm³/mol. The molecule has 0 radical (unpaired) electrons. The summed E-state index contributed by atoms with van der Waals surface area (Å²) in [5.41, 5.74) is 1.85. The van der Waals surface area contributed by atoms with Crippen molar-refractivity contribution in [2.24, 2.45) is 0 Å². The molecular weight excluding hydrogens is 257 g/mol. The van der Waals surface area contributed by atoms with Crippen LogP contribution in [0.15, 0.2) is 12.1 Å². The maximum absolute atomic E-state index is 6.10. The minimum atomic E-state index is 0.682. The molecule has 1 aromatic rings. The van der Waals surface area contributed by atoms with E-state index in [1.165, 1.54) is 0 Å². The van der Waals surface area contributed by atoms with Crippen molar-refractivity contribution in [3.05, 3.63) is 27.7 Å². The molecule has 0 saturated heterocycles. The van der Waals surface area contributed by atoms with Crippen LogP contribution in [0.25, 0.3) is 0 Å². The maximum Gasteiger partial charge on any atom is 0.0641 e. The summed E-state index contributed by atoms with van der Waals surface area (Å²) < 4.78 is 5.45. The Morgan fingerprint density at radius 1 is 1.18 bits per heavy atom. The van der Waals surface area contributed by atoms with Gasteiger partial charge in [0.1, 0.15) is 0 Å². The highest BCUT2D eigenvalue weighted by Crippen LogP contribution is 2.28. The Morgan fingerprint density at radius 3 is 2.65 bits per heavy atom. The third kappa shape index (κ3) is 5.15. The lowest BCUT2D eigenvalue weighted by Gasteiger charge is -2.10. The highest BCUT2D eigenvalue weighted by atomic mass is 35.5. The summed E-state index contributed by atoms with van der Waals surface area (Å²) in [7, 11) is 0. The zero-order valence-corrected chi connectivity index (χ0v) is 11.9. The Balaban J connectivity index is 2.34. The second-order valence-corrected chi connectivity index (χ2v) is 4.79. The molecule has 0 fully saturated rings. The van der Waals surface area contributed by atoms with Crippen LogP contribution in [-0.2, 0) is 4.74 Å². The van der Waals surface area contributed by atoms with Crippen molar-refractivity contribution in [1.82, 2.24) is 0 Å². The van der Waals surface area contributed by atoms with E-state index in [1.54, 1.807) is 0 Å². The highest BCUT2D eigenvalue weighted by Gasteiger charge is 2.03. The molecule has 2 nitrogen and oxygen atoms in total. The number of benzene rings is 1. The first-order valence-electron chi connectivity index (χ1n) is 5.92. The highest BCUT2D eigenvalue weighted by molar-refractivity contribution is 6.35. The number of hydrogen-bond donors (Lipinski definition) is 1. The van der Waals surface area contributed by atoms with E-state index in [4.69, 9.17) is 27.9 Å². The van der Waals surface area contributed by atoms with Gasteiger partial charge in [0.05, 0.1) is 17.3 Å². The summed E-state index contributed by atoms with van der Waals surface area (Å²) in [6.07, 6.45) is 2.27. The monoisotopic (exact) mass is 275 g/mol. The van der Waals surface area contributed by atoms with E-state index in [2.05, 4.69) is 12.2 Å². The van der Waals surface area contributed by atoms with Gasteiger partial charge in [-0.25, -0.2) is 0 Å². The van der Waals surface area contributed by atoms with Gasteiger partial charge in [0.2, 0.25) is 0 Å². The Bertz CT molecular complexity index is 356. The molecule has 0 saturated carbocycles. The second kappa shape index (κ2) is 7.80. The normalized spacial score (nSPS) is 10.6. The summed E-state index contributed by atoms with van der Waals surface area (Å²) in [5.74, 6) is 0. The van der Waals surface area contributed by atoms with Gasteiger partial charge in [0.25, 0.3) is 0 Å². The van der Waals surface area contributed by atoms with E-state index in [9.17, 15) is 0 Å². The van der Waals surface area contributed by atoms with Gasteiger partial charge in [-0.05, 0) is 31.0 Å². The standard InChI is InChI=1S/C13H19Cl2NO/c1-3-4-6-17-7-5-16-13-9-11(14)10(2)8-12(13)15/h8-9,16H,3-7H2,1-2H3. The zero-order valence-electron chi connectivity index (χ0n) is 10.4. The lowest BCUT2D eigenvalue weighted by atomic mass is 10.2. The number of rotatable bonds is 7. The molecule has 0 heterocycles. The lowest BCUT2D eigenvalue weighted by molar-refractivity contribution is 0.141. The first-order valence-corrected chi connectivity index (χ1v) is 6.68. The zero-order chi connectivity index (χ0) is 12.7. The molecule has 0 aliphatic heterocycles. The van der Waals surface area contributed by atoms with Gasteiger partial charge in [0.15, 0.2) is 0 Å².